The van der Waals surface area contributed by atoms with Gasteiger partial charge in [0, 0.05) is 50.0 Å². The van der Waals surface area contributed by atoms with E-state index >= 15 is 0 Å². The van der Waals surface area contributed by atoms with Crippen molar-refractivity contribution < 1.29 is 4.42 Å². The van der Waals surface area contributed by atoms with Crippen LogP contribution in [0.3, 0.4) is 0 Å². The molecule has 5 nitrogen and oxygen atoms in total. The summed E-state index contributed by atoms with van der Waals surface area (Å²) in [6.07, 6.45) is 0. The molecule has 0 spiro atoms. The molecule has 0 aliphatic carbocycles. The second-order valence-electron chi connectivity index (χ2n) is 15.6. The Morgan fingerprint density at radius 1 is 0.274 bits per heavy atom. The molecule has 0 bridgehead atoms. The Morgan fingerprint density at radius 3 is 1.34 bits per heavy atom. The lowest BCUT2D eigenvalue weighted by atomic mass is 10.0. The third kappa shape index (κ3) is 6.23. The lowest BCUT2D eigenvalue weighted by Gasteiger charge is -2.10. The summed E-state index contributed by atoms with van der Waals surface area (Å²) in [5.74, 6) is 1.77. The Hall–Kier alpha value is -8.41. The smallest absolute Gasteiger partial charge is 0.164 e. The molecule has 9 aromatic carbocycles. The van der Waals surface area contributed by atoms with Crippen molar-refractivity contribution in [2.45, 2.75) is 0 Å². The topological polar surface area (TPSA) is 56.7 Å². The second kappa shape index (κ2) is 14.7. The number of furan rings is 1. The summed E-state index contributed by atoms with van der Waals surface area (Å²) in [6, 6.07) is 76.3. The van der Waals surface area contributed by atoms with Gasteiger partial charge in [-0.1, -0.05) is 164 Å². The molecular weight excluding hydrogens is 757 g/mol. The number of aromatic nitrogens is 4. The predicted octanol–water partition coefficient (Wildman–Crippen LogP) is 14.9. The third-order valence-corrected chi connectivity index (χ3v) is 11.8. The van der Waals surface area contributed by atoms with Crippen molar-refractivity contribution in [2.75, 3.05) is 0 Å². The molecule has 12 aromatic rings. The Morgan fingerprint density at radius 2 is 0.742 bits per heavy atom. The Kier molecular flexibility index (Phi) is 8.42. The summed E-state index contributed by atoms with van der Waals surface area (Å²) in [5.41, 5.74) is 14.4. The maximum atomic E-state index is 6.78. The van der Waals surface area contributed by atoms with Gasteiger partial charge in [0.25, 0.3) is 0 Å². The van der Waals surface area contributed by atoms with Gasteiger partial charge in [-0.3, -0.25) is 0 Å². The first kappa shape index (κ1) is 35.5. The van der Waals surface area contributed by atoms with Crippen LogP contribution in [0.15, 0.2) is 223 Å². The molecule has 0 saturated heterocycles. The molecule has 3 heterocycles. The van der Waals surface area contributed by atoms with E-state index in [9.17, 15) is 0 Å². The van der Waals surface area contributed by atoms with Gasteiger partial charge in [-0.05, 0) is 81.9 Å². The third-order valence-electron chi connectivity index (χ3n) is 11.8. The Labute approximate surface area is 357 Å². The van der Waals surface area contributed by atoms with Gasteiger partial charge in [0.2, 0.25) is 0 Å². The molecule has 0 saturated carbocycles. The van der Waals surface area contributed by atoms with Crippen LogP contribution in [0.2, 0.25) is 0 Å². The number of nitrogens with zero attached hydrogens (tertiary/aromatic N) is 4. The van der Waals surface area contributed by atoms with Crippen LogP contribution >= 0.6 is 0 Å². The van der Waals surface area contributed by atoms with Crippen molar-refractivity contribution in [3.05, 3.63) is 218 Å². The quantitative estimate of drug-likeness (QED) is 0.161. The molecule has 0 amide bonds. The van der Waals surface area contributed by atoms with Crippen LogP contribution in [-0.4, -0.2) is 19.5 Å². The number of benzene rings is 9. The molecule has 0 atom stereocenters. The van der Waals surface area contributed by atoms with Gasteiger partial charge in [0.15, 0.2) is 17.5 Å². The highest BCUT2D eigenvalue weighted by molar-refractivity contribution is 6.17. The second-order valence-corrected chi connectivity index (χ2v) is 15.6. The van der Waals surface area contributed by atoms with Crippen molar-refractivity contribution in [2.24, 2.45) is 0 Å². The minimum atomic E-state index is 0.573. The number of hydrogen-bond donors (Lipinski definition) is 0. The highest BCUT2D eigenvalue weighted by atomic mass is 16.3. The molecule has 0 aliphatic rings. The van der Waals surface area contributed by atoms with Crippen LogP contribution in [0, 0.1) is 0 Å². The van der Waals surface area contributed by atoms with Gasteiger partial charge in [-0.25, -0.2) is 15.0 Å². The molecular formula is C57H36N4O. The number of fused-ring (bicyclic) bond motifs is 6. The molecule has 3 aromatic heterocycles. The maximum Gasteiger partial charge on any atom is 0.164 e. The van der Waals surface area contributed by atoms with Crippen molar-refractivity contribution in [3.8, 4) is 73.2 Å². The lowest BCUT2D eigenvalue weighted by Crippen LogP contribution is -2.00. The van der Waals surface area contributed by atoms with E-state index < -0.39 is 0 Å². The molecule has 12 rings (SSSR count). The zero-order chi connectivity index (χ0) is 41.0. The van der Waals surface area contributed by atoms with Crippen molar-refractivity contribution in [1.29, 1.82) is 0 Å². The van der Waals surface area contributed by atoms with E-state index in [1.807, 2.05) is 12.1 Å². The predicted molar refractivity (Wildman–Crippen MR) is 254 cm³/mol. The zero-order valence-corrected chi connectivity index (χ0v) is 33.5. The average molecular weight is 793 g/mol. The fraction of sp³-hybridized carbons (Fsp3) is 0. The highest BCUT2D eigenvalue weighted by Gasteiger charge is 2.19. The monoisotopic (exact) mass is 792 g/mol. The van der Waals surface area contributed by atoms with E-state index in [-0.39, 0.29) is 0 Å². The van der Waals surface area contributed by atoms with Gasteiger partial charge >= 0.3 is 0 Å². The number of hydrogen-bond acceptors (Lipinski definition) is 4. The van der Waals surface area contributed by atoms with Crippen LogP contribution in [0.4, 0.5) is 0 Å². The normalized spacial score (nSPS) is 11.5. The maximum absolute atomic E-state index is 6.78. The minimum Gasteiger partial charge on any atom is -0.456 e. The average Bonchev–Trinajstić information content (AvgIpc) is 3.88. The van der Waals surface area contributed by atoms with Gasteiger partial charge in [0.1, 0.15) is 11.2 Å². The van der Waals surface area contributed by atoms with Crippen LogP contribution in [0.5, 0.6) is 0 Å². The van der Waals surface area contributed by atoms with Crippen molar-refractivity contribution >= 4 is 43.7 Å². The Balaban J connectivity index is 1.01. The lowest BCUT2D eigenvalue weighted by molar-refractivity contribution is 0.669. The summed E-state index contributed by atoms with van der Waals surface area (Å²) in [4.78, 5) is 15.4. The van der Waals surface area contributed by atoms with E-state index in [2.05, 4.69) is 211 Å². The fourth-order valence-corrected chi connectivity index (χ4v) is 8.81. The molecule has 5 heteroatoms. The number of para-hydroxylation sites is 1. The molecule has 0 radical (unpaired) electrons. The first-order valence-corrected chi connectivity index (χ1v) is 20.8. The van der Waals surface area contributed by atoms with E-state index in [4.69, 9.17) is 19.4 Å². The van der Waals surface area contributed by atoms with Crippen molar-refractivity contribution in [1.82, 2.24) is 19.5 Å². The summed E-state index contributed by atoms with van der Waals surface area (Å²) in [5, 5.41) is 4.47. The number of rotatable bonds is 7. The van der Waals surface area contributed by atoms with Gasteiger partial charge in [-0.15, -0.1) is 0 Å². The molecule has 0 N–H and O–H groups in total. The van der Waals surface area contributed by atoms with Crippen LogP contribution in [-0.2, 0) is 0 Å². The van der Waals surface area contributed by atoms with Crippen LogP contribution < -0.4 is 0 Å². The fourth-order valence-electron chi connectivity index (χ4n) is 8.81. The molecule has 0 aliphatic heterocycles. The SMILES string of the molecule is c1ccc(-c2cccc(-c3nc(-c4cccc(-c5ccccc5)c4)nc(-c4ccc5c(c4)oc4cc6c(cc45)c4ccccc4n6-c4cccc(-c5ccccc5)c4)n3)c2)cc1. The highest BCUT2D eigenvalue weighted by Crippen LogP contribution is 2.40. The molecule has 0 fully saturated rings. The summed E-state index contributed by atoms with van der Waals surface area (Å²) in [7, 11) is 0. The largest absolute Gasteiger partial charge is 0.456 e. The summed E-state index contributed by atoms with van der Waals surface area (Å²) in [6.45, 7) is 0. The standard InChI is InChI=1S/C57H36N4O/c1-4-15-37(16-5-1)40-21-12-24-43(31-40)55-58-56(44-25-13-22-41(32-44)38-17-6-2-7-18-38)60-57(59-55)45-29-30-48-50-35-49-47-27-10-11-28-51(47)61(52(49)36-54(50)62-53(48)34-45)46-26-14-23-42(33-46)39-19-8-3-9-20-39/h1-36H. The van der Waals surface area contributed by atoms with E-state index in [1.165, 1.54) is 21.9 Å². The summed E-state index contributed by atoms with van der Waals surface area (Å²) >= 11 is 0. The minimum absolute atomic E-state index is 0.573. The van der Waals surface area contributed by atoms with E-state index in [0.29, 0.717) is 17.5 Å². The molecule has 62 heavy (non-hydrogen) atoms. The van der Waals surface area contributed by atoms with Gasteiger partial charge in [0.05, 0.1) is 11.0 Å². The molecule has 0 unspecified atom stereocenters. The Bertz CT molecular complexity index is 3530. The van der Waals surface area contributed by atoms with Gasteiger partial charge in [-0.2, -0.15) is 0 Å². The van der Waals surface area contributed by atoms with E-state index in [1.54, 1.807) is 0 Å². The first-order chi connectivity index (χ1) is 30.7. The van der Waals surface area contributed by atoms with Crippen LogP contribution in [0.25, 0.3) is 117 Å². The van der Waals surface area contributed by atoms with E-state index in [0.717, 1.165) is 77.6 Å². The molecule has 290 valence electrons. The van der Waals surface area contributed by atoms with Crippen molar-refractivity contribution in [3.63, 3.8) is 0 Å². The first-order valence-electron chi connectivity index (χ1n) is 20.8. The van der Waals surface area contributed by atoms with Crippen LogP contribution in [0.1, 0.15) is 0 Å². The zero-order valence-electron chi connectivity index (χ0n) is 33.5. The summed E-state index contributed by atoms with van der Waals surface area (Å²) < 4.78 is 9.13. The van der Waals surface area contributed by atoms with Gasteiger partial charge < -0.3 is 8.98 Å².